The zero-order valence-electron chi connectivity index (χ0n) is 12.8. The van der Waals surface area contributed by atoms with Crippen LogP contribution in [0.25, 0.3) is 0 Å². The van der Waals surface area contributed by atoms with E-state index >= 15 is 0 Å². The highest BCUT2D eigenvalue weighted by Crippen LogP contribution is 2.29. The Morgan fingerprint density at radius 3 is 2.80 bits per heavy atom. The first-order chi connectivity index (χ1) is 9.46. The molecule has 0 saturated heterocycles. The van der Waals surface area contributed by atoms with Gasteiger partial charge in [0.2, 0.25) is 5.91 Å². The lowest BCUT2D eigenvalue weighted by Gasteiger charge is -2.27. The van der Waals surface area contributed by atoms with Crippen LogP contribution in [0.2, 0.25) is 0 Å². The predicted molar refractivity (Wildman–Crippen MR) is 82.6 cm³/mol. The number of carbonyl (C=O) groups is 1. The van der Waals surface area contributed by atoms with Gasteiger partial charge in [-0.2, -0.15) is 0 Å². The Bertz CT molecular complexity index is 462. The first-order valence-corrected chi connectivity index (χ1v) is 7.58. The number of amides is 1. The van der Waals surface area contributed by atoms with Gasteiger partial charge < -0.3 is 10.6 Å². The van der Waals surface area contributed by atoms with E-state index < -0.39 is 0 Å². The van der Waals surface area contributed by atoms with Crippen LogP contribution in [0.1, 0.15) is 57.2 Å². The number of fused-ring (bicyclic) bond motifs is 1. The van der Waals surface area contributed by atoms with Gasteiger partial charge >= 0.3 is 0 Å². The third-order valence-electron chi connectivity index (χ3n) is 3.63. The molecule has 0 fully saturated rings. The second-order valence-electron chi connectivity index (χ2n) is 6.65. The van der Waals surface area contributed by atoms with Crippen LogP contribution in [0, 0.1) is 0 Å². The number of carbonyl (C=O) groups excluding carboxylic acids is 1. The van der Waals surface area contributed by atoms with Crippen LogP contribution in [0.5, 0.6) is 0 Å². The van der Waals surface area contributed by atoms with E-state index in [1.807, 2.05) is 20.8 Å². The number of aryl methyl sites for hydroxylation is 1. The Labute approximate surface area is 122 Å². The van der Waals surface area contributed by atoms with E-state index in [1.54, 1.807) is 0 Å². The zero-order chi connectivity index (χ0) is 14.6. The Morgan fingerprint density at radius 2 is 2.05 bits per heavy atom. The number of benzene rings is 1. The molecule has 3 nitrogen and oxygen atoms in total. The zero-order valence-corrected chi connectivity index (χ0v) is 12.8. The standard InChI is InChI=1S/C17H26N2O/c1-17(2,3)19-16(20)11-12-18-15-10-6-8-13-7-4-5-9-14(13)15/h4-5,7,9,15,18H,6,8,10-12H2,1-3H3,(H,19,20). The Balaban J connectivity index is 1.82. The van der Waals surface area contributed by atoms with Gasteiger partial charge in [0.05, 0.1) is 0 Å². The summed E-state index contributed by atoms with van der Waals surface area (Å²) in [4.78, 5) is 11.8. The lowest BCUT2D eigenvalue weighted by Crippen LogP contribution is -2.41. The predicted octanol–water partition coefficient (Wildman–Crippen LogP) is 2.96. The maximum atomic E-state index is 11.8. The molecule has 0 radical (unpaired) electrons. The normalized spacial score (nSPS) is 18.4. The topological polar surface area (TPSA) is 41.1 Å². The number of nitrogens with one attached hydrogen (secondary N) is 2. The van der Waals surface area contributed by atoms with Gasteiger partial charge in [-0.3, -0.25) is 4.79 Å². The molecule has 1 atom stereocenters. The maximum absolute atomic E-state index is 11.8. The summed E-state index contributed by atoms with van der Waals surface area (Å²) >= 11 is 0. The van der Waals surface area contributed by atoms with E-state index in [0.717, 1.165) is 13.0 Å². The molecule has 1 unspecified atom stereocenters. The fourth-order valence-corrected chi connectivity index (χ4v) is 2.81. The lowest BCUT2D eigenvalue weighted by atomic mass is 9.88. The molecular weight excluding hydrogens is 248 g/mol. The first kappa shape index (κ1) is 15.0. The van der Waals surface area contributed by atoms with Gasteiger partial charge in [0.25, 0.3) is 0 Å². The van der Waals surface area contributed by atoms with Crippen molar-refractivity contribution in [1.29, 1.82) is 0 Å². The molecule has 1 amide bonds. The van der Waals surface area contributed by atoms with Crippen LogP contribution in [-0.4, -0.2) is 18.0 Å². The van der Waals surface area contributed by atoms with E-state index in [0.29, 0.717) is 12.5 Å². The summed E-state index contributed by atoms with van der Waals surface area (Å²) in [6.45, 7) is 6.77. The molecule has 0 aromatic heterocycles. The fraction of sp³-hybridized carbons (Fsp3) is 0.588. The van der Waals surface area contributed by atoms with Gasteiger partial charge in [-0.05, 0) is 51.2 Å². The van der Waals surface area contributed by atoms with Gasteiger partial charge in [0, 0.05) is 24.5 Å². The van der Waals surface area contributed by atoms with Crippen molar-refractivity contribution in [3.8, 4) is 0 Å². The molecule has 3 heteroatoms. The Kier molecular flexibility index (Phi) is 4.81. The largest absolute Gasteiger partial charge is 0.351 e. The number of rotatable bonds is 4. The Hall–Kier alpha value is -1.35. The summed E-state index contributed by atoms with van der Waals surface area (Å²) in [6.07, 6.45) is 4.11. The van der Waals surface area contributed by atoms with Crippen molar-refractivity contribution < 1.29 is 4.79 Å². The lowest BCUT2D eigenvalue weighted by molar-refractivity contribution is -0.122. The minimum atomic E-state index is -0.144. The van der Waals surface area contributed by atoms with Crippen molar-refractivity contribution in [2.75, 3.05) is 6.54 Å². The van der Waals surface area contributed by atoms with Gasteiger partial charge in [0.15, 0.2) is 0 Å². The quantitative estimate of drug-likeness (QED) is 0.886. The number of hydrogen-bond acceptors (Lipinski definition) is 2. The molecule has 2 rings (SSSR count). The van der Waals surface area contributed by atoms with E-state index in [-0.39, 0.29) is 11.4 Å². The summed E-state index contributed by atoms with van der Waals surface area (Å²) in [6, 6.07) is 9.04. The fourth-order valence-electron chi connectivity index (χ4n) is 2.81. The molecule has 0 spiro atoms. The summed E-state index contributed by atoms with van der Waals surface area (Å²) in [5.41, 5.74) is 2.72. The molecule has 1 aromatic rings. The Morgan fingerprint density at radius 1 is 1.30 bits per heavy atom. The summed E-state index contributed by atoms with van der Waals surface area (Å²) in [5, 5.41) is 6.53. The number of hydrogen-bond donors (Lipinski definition) is 2. The van der Waals surface area contributed by atoms with E-state index in [1.165, 1.54) is 24.0 Å². The minimum absolute atomic E-state index is 0.120. The second-order valence-corrected chi connectivity index (χ2v) is 6.65. The summed E-state index contributed by atoms with van der Waals surface area (Å²) in [5.74, 6) is 0.120. The summed E-state index contributed by atoms with van der Waals surface area (Å²) < 4.78 is 0. The SMILES string of the molecule is CC(C)(C)NC(=O)CCNC1CCCc2ccccc21. The molecule has 1 aromatic carbocycles. The van der Waals surface area contributed by atoms with Crippen molar-refractivity contribution in [2.24, 2.45) is 0 Å². The molecule has 1 aliphatic carbocycles. The maximum Gasteiger partial charge on any atom is 0.221 e. The van der Waals surface area contributed by atoms with Crippen LogP contribution in [0.4, 0.5) is 0 Å². The van der Waals surface area contributed by atoms with E-state index in [4.69, 9.17) is 0 Å². The molecule has 1 aliphatic rings. The average Bonchev–Trinajstić information content (AvgIpc) is 2.37. The van der Waals surface area contributed by atoms with Gasteiger partial charge in [0.1, 0.15) is 0 Å². The molecule has 20 heavy (non-hydrogen) atoms. The highest BCUT2D eigenvalue weighted by Gasteiger charge is 2.19. The van der Waals surface area contributed by atoms with Gasteiger partial charge in [-0.1, -0.05) is 24.3 Å². The minimum Gasteiger partial charge on any atom is -0.351 e. The first-order valence-electron chi connectivity index (χ1n) is 7.58. The third-order valence-corrected chi connectivity index (χ3v) is 3.63. The highest BCUT2D eigenvalue weighted by molar-refractivity contribution is 5.76. The average molecular weight is 274 g/mol. The van der Waals surface area contributed by atoms with Gasteiger partial charge in [-0.25, -0.2) is 0 Å². The van der Waals surface area contributed by atoms with Crippen molar-refractivity contribution >= 4 is 5.91 Å². The van der Waals surface area contributed by atoms with Crippen molar-refractivity contribution in [3.05, 3.63) is 35.4 Å². The van der Waals surface area contributed by atoms with Gasteiger partial charge in [-0.15, -0.1) is 0 Å². The van der Waals surface area contributed by atoms with Crippen LogP contribution in [0.15, 0.2) is 24.3 Å². The van der Waals surface area contributed by atoms with Crippen LogP contribution in [-0.2, 0) is 11.2 Å². The second kappa shape index (κ2) is 6.40. The van der Waals surface area contributed by atoms with Crippen molar-refractivity contribution in [1.82, 2.24) is 10.6 Å². The molecule has 0 saturated carbocycles. The van der Waals surface area contributed by atoms with Crippen LogP contribution < -0.4 is 10.6 Å². The molecular formula is C17H26N2O. The van der Waals surface area contributed by atoms with Crippen LogP contribution in [0.3, 0.4) is 0 Å². The smallest absolute Gasteiger partial charge is 0.221 e. The van der Waals surface area contributed by atoms with E-state index in [9.17, 15) is 4.79 Å². The molecule has 0 aliphatic heterocycles. The molecule has 110 valence electrons. The van der Waals surface area contributed by atoms with Crippen molar-refractivity contribution in [3.63, 3.8) is 0 Å². The molecule has 2 N–H and O–H groups in total. The van der Waals surface area contributed by atoms with Crippen LogP contribution >= 0.6 is 0 Å². The summed E-state index contributed by atoms with van der Waals surface area (Å²) in [7, 11) is 0. The van der Waals surface area contributed by atoms with E-state index in [2.05, 4.69) is 34.9 Å². The molecule has 0 bridgehead atoms. The third kappa shape index (κ3) is 4.34. The highest BCUT2D eigenvalue weighted by atomic mass is 16.1. The van der Waals surface area contributed by atoms with Crippen molar-refractivity contribution in [2.45, 2.75) is 58.0 Å². The monoisotopic (exact) mass is 274 g/mol. The molecule has 0 heterocycles.